The van der Waals surface area contributed by atoms with Gasteiger partial charge in [-0.25, -0.2) is 0 Å². The topological polar surface area (TPSA) is 67.9 Å². The number of piperidine rings is 1. The van der Waals surface area contributed by atoms with Crippen molar-refractivity contribution in [1.29, 1.82) is 0 Å². The van der Waals surface area contributed by atoms with Gasteiger partial charge in [0.25, 0.3) is 0 Å². The van der Waals surface area contributed by atoms with E-state index in [2.05, 4.69) is 19.2 Å². The second kappa shape index (κ2) is 10.2. The summed E-state index contributed by atoms with van der Waals surface area (Å²) in [5, 5.41) is 3.03. The van der Waals surface area contributed by atoms with E-state index in [9.17, 15) is 9.59 Å². The van der Waals surface area contributed by atoms with Gasteiger partial charge in [-0.3, -0.25) is 9.59 Å². The largest absolute Gasteiger partial charge is 0.493 e. The molecule has 2 rings (SSSR count). The quantitative estimate of drug-likeness (QED) is 0.757. The summed E-state index contributed by atoms with van der Waals surface area (Å²) in [5.74, 6) is 2.06. The molecule has 0 unspecified atom stereocenters. The van der Waals surface area contributed by atoms with Gasteiger partial charge in [0.2, 0.25) is 11.8 Å². The van der Waals surface area contributed by atoms with Gasteiger partial charge in [-0.05, 0) is 42.9 Å². The predicted octanol–water partition coefficient (Wildman–Crippen LogP) is 2.65. The van der Waals surface area contributed by atoms with Crippen LogP contribution in [0.1, 0.15) is 38.7 Å². The zero-order valence-electron chi connectivity index (χ0n) is 16.9. The highest BCUT2D eigenvalue weighted by atomic mass is 16.5. The van der Waals surface area contributed by atoms with Gasteiger partial charge in [-0.15, -0.1) is 0 Å². The Hall–Kier alpha value is -2.24. The van der Waals surface area contributed by atoms with Gasteiger partial charge in [-0.2, -0.15) is 0 Å². The summed E-state index contributed by atoms with van der Waals surface area (Å²) in [6.07, 6.45) is 2.80. The molecule has 6 nitrogen and oxygen atoms in total. The molecule has 150 valence electrons. The number of amides is 2. The Kier molecular flexibility index (Phi) is 7.95. The van der Waals surface area contributed by atoms with E-state index in [1.165, 1.54) is 0 Å². The highest BCUT2D eigenvalue weighted by Crippen LogP contribution is 2.27. The first kappa shape index (κ1) is 21.1. The number of hydrogen-bond donors (Lipinski definition) is 1. The minimum atomic E-state index is -0.00139. The zero-order chi connectivity index (χ0) is 19.8. The van der Waals surface area contributed by atoms with Crippen molar-refractivity contribution in [1.82, 2.24) is 10.2 Å². The summed E-state index contributed by atoms with van der Waals surface area (Å²) >= 11 is 0. The van der Waals surface area contributed by atoms with E-state index in [4.69, 9.17) is 9.47 Å². The summed E-state index contributed by atoms with van der Waals surface area (Å²) in [4.78, 5) is 26.4. The molecule has 0 atom stereocenters. The summed E-state index contributed by atoms with van der Waals surface area (Å²) in [6, 6.07) is 5.79. The third-order valence-electron chi connectivity index (χ3n) is 4.96. The predicted molar refractivity (Wildman–Crippen MR) is 105 cm³/mol. The number of methoxy groups -OCH3 is 2. The van der Waals surface area contributed by atoms with Crippen LogP contribution >= 0.6 is 0 Å². The van der Waals surface area contributed by atoms with Crippen LogP contribution in [0.3, 0.4) is 0 Å². The van der Waals surface area contributed by atoms with Crippen molar-refractivity contribution in [2.24, 2.45) is 11.8 Å². The lowest BCUT2D eigenvalue weighted by atomic mass is 9.95. The maximum Gasteiger partial charge on any atom is 0.223 e. The van der Waals surface area contributed by atoms with Crippen LogP contribution in [0.15, 0.2) is 18.2 Å². The summed E-state index contributed by atoms with van der Waals surface area (Å²) in [6.45, 7) is 6.05. The molecule has 2 amide bonds. The van der Waals surface area contributed by atoms with Crippen molar-refractivity contribution in [2.45, 2.75) is 39.5 Å². The Labute approximate surface area is 162 Å². The first-order valence-corrected chi connectivity index (χ1v) is 9.71. The lowest BCUT2D eigenvalue weighted by Gasteiger charge is -2.31. The van der Waals surface area contributed by atoms with Crippen molar-refractivity contribution in [3.8, 4) is 11.5 Å². The van der Waals surface area contributed by atoms with Gasteiger partial charge in [0.1, 0.15) is 0 Å². The lowest BCUT2D eigenvalue weighted by molar-refractivity contribution is -0.136. The SMILES string of the molecule is COc1ccc(CCNC(=O)C2CCN(C(=O)CC(C)C)CC2)cc1OC. The maximum absolute atomic E-state index is 12.4. The average molecular weight is 376 g/mol. The highest BCUT2D eigenvalue weighted by Gasteiger charge is 2.27. The van der Waals surface area contributed by atoms with Crippen molar-refractivity contribution in [2.75, 3.05) is 33.9 Å². The highest BCUT2D eigenvalue weighted by molar-refractivity contribution is 5.80. The van der Waals surface area contributed by atoms with Crippen LogP contribution in [0.25, 0.3) is 0 Å². The van der Waals surface area contributed by atoms with E-state index in [1.807, 2.05) is 23.1 Å². The fraction of sp³-hybridized carbons (Fsp3) is 0.619. The number of nitrogens with zero attached hydrogens (tertiary/aromatic N) is 1. The van der Waals surface area contributed by atoms with Crippen LogP contribution in [0.5, 0.6) is 11.5 Å². The number of hydrogen-bond acceptors (Lipinski definition) is 4. The molecular formula is C21H32N2O4. The van der Waals surface area contributed by atoms with E-state index in [0.29, 0.717) is 43.5 Å². The molecular weight excluding hydrogens is 344 g/mol. The van der Waals surface area contributed by atoms with Crippen LogP contribution in [0, 0.1) is 11.8 Å². The second-order valence-corrected chi connectivity index (χ2v) is 7.48. The van der Waals surface area contributed by atoms with Gasteiger partial charge in [-0.1, -0.05) is 19.9 Å². The van der Waals surface area contributed by atoms with E-state index < -0.39 is 0 Å². The molecule has 1 N–H and O–H groups in total. The molecule has 27 heavy (non-hydrogen) atoms. The molecule has 1 heterocycles. The Morgan fingerprint density at radius 2 is 1.81 bits per heavy atom. The van der Waals surface area contributed by atoms with Crippen LogP contribution in [0.2, 0.25) is 0 Å². The standard InChI is InChI=1S/C21H32N2O4/c1-15(2)13-20(24)23-11-8-17(9-12-23)21(25)22-10-7-16-5-6-18(26-3)19(14-16)27-4/h5-6,14-15,17H,7-13H2,1-4H3,(H,22,25). The number of ether oxygens (including phenoxy) is 2. The molecule has 1 saturated heterocycles. The van der Waals surface area contributed by atoms with Crippen molar-refractivity contribution >= 4 is 11.8 Å². The molecule has 0 radical (unpaired) electrons. The molecule has 0 spiro atoms. The molecule has 1 fully saturated rings. The van der Waals surface area contributed by atoms with Crippen molar-refractivity contribution < 1.29 is 19.1 Å². The number of nitrogens with one attached hydrogen (secondary N) is 1. The third-order valence-corrected chi connectivity index (χ3v) is 4.96. The number of carbonyl (C=O) groups excluding carboxylic acids is 2. The maximum atomic E-state index is 12.4. The minimum absolute atomic E-state index is 0.00139. The summed E-state index contributed by atoms with van der Waals surface area (Å²) < 4.78 is 10.5. The first-order chi connectivity index (χ1) is 12.9. The fourth-order valence-electron chi connectivity index (χ4n) is 3.38. The minimum Gasteiger partial charge on any atom is -0.493 e. The van der Waals surface area contributed by atoms with Gasteiger partial charge in [0, 0.05) is 32.0 Å². The second-order valence-electron chi connectivity index (χ2n) is 7.48. The smallest absolute Gasteiger partial charge is 0.223 e. The molecule has 1 aromatic carbocycles. The molecule has 0 saturated carbocycles. The zero-order valence-corrected chi connectivity index (χ0v) is 16.9. The van der Waals surface area contributed by atoms with E-state index in [-0.39, 0.29) is 17.7 Å². The van der Waals surface area contributed by atoms with Gasteiger partial charge in [0.15, 0.2) is 11.5 Å². The van der Waals surface area contributed by atoms with Crippen LogP contribution < -0.4 is 14.8 Å². The Morgan fingerprint density at radius 1 is 1.15 bits per heavy atom. The van der Waals surface area contributed by atoms with Gasteiger partial charge in [0.05, 0.1) is 14.2 Å². The summed E-state index contributed by atoms with van der Waals surface area (Å²) in [5.41, 5.74) is 1.09. The fourth-order valence-corrected chi connectivity index (χ4v) is 3.38. The molecule has 0 bridgehead atoms. The molecule has 6 heteroatoms. The lowest BCUT2D eigenvalue weighted by Crippen LogP contribution is -2.43. The third kappa shape index (κ3) is 6.15. The Balaban J connectivity index is 1.75. The van der Waals surface area contributed by atoms with Crippen molar-refractivity contribution in [3.63, 3.8) is 0 Å². The molecule has 0 aromatic heterocycles. The monoisotopic (exact) mass is 376 g/mol. The van der Waals surface area contributed by atoms with Crippen LogP contribution in [-0.2, 0) is 16.0 Å². The van der Waals surface area contributed by atoms with Gasteiger partial charge >= 0.3 is 0 Å². The average Bonchev–Trinajstić information content (AvgIpc) is 2.67. The number of benzene rings is 1. The van der Waals surface area contributed by atoms with Crippen LogP contribution in [0.4, 0.5) is 0 Å². The normalized spacial score (nSPS) is 14.9. The van der Waals surface area contributed by atoms with Gasteiger partial charge < -0.3 is 19.7 Å². The summed E-state index contributed by atoms with van der Waals surface area (Å²) in [7, 11) is 3.22. The first-order valence-electron chi connectivity index (χ1n) is 9.71. The molecule has 1 aromatic rings. The number of likely N-dealkylation sites (tertiary alicyclic amines) is 1. The van der Waals surface area contributed by atoms with E-state index in [0.717, 1.165) is 24.8 Å². The van der Waals surface area contributed by atoms with Crippen molar-refractivity contribution in [3.05, 3.63) is 23.8 Å². The Morgan fingerprint density at radius 3 is 2.41 bits per heavy atom. The molecule has 1 aliphatic rings. The number of rotatable bonds is 8. The Bertz CT molecular complexity index is 637. The molecule has 1 aliphatic heterocycles. The van der Waals surface area contributed by atoms with E-state index >= 15 is 0 Å². The van der Waals surface area contributed by atoms with Crippen LogP contribution in [-0.4, -0.2) is 50.6 Å². The molecule has 0 aliphatic carbocycles. The van der Waals surface area contributed by atoms with E-state index in [1.54, 1.807) is 14.2 Å². The number of carbonyl (C=O) groups is 2.